The molecule has 35 heavy (non-hydrogen) atoms. The Morgan fingerprint density at radius 2 is 1.97 bits per heavy atom. The summed E-state index contributed by atoms with van der Waals surface area (Å²) in [5.41, 5.74) is 2.04. The Labute approximate surface area is 207 Å². The van der Waals surface area contributed by atoms with Crippen LogP contribution in [0.2, 0.25) is 0 Å². The fourth-order valence-electron chi connectivity index (χ4n) is 4.49. The minimum Gasteiger partial charge on any atom is -0.372 e. The summed E-state index contributed by atoms with van der Waals surface area (Å²) in [4.78, 5) is 45.0. The van der Waals surface area contributed by atoms with Crippen LogP contribution in [0.4, 0.5) is 5.69 Å². The number of amides is 1. The van der Waals surface area contributed by atoms with E-state index in [1.165, 1.54) is 17.6 Å². The molecule has 0 radical (unpaired) electrons. The number of ether oxygens (including phenoxy) is 1. The molecule has 0 bridgehead atoms. The number of aryl methyl sites for hydroxylation is 1. The van der Waals surface area contributed by atoms with E-state index >= 15 is 0 Å². The summed E-state index contributed by atoms with van der Waals surface area (Å²) in [7, 11) is 0. The molecule has 0 saturated carbocycles. The number of hydrogen-bond donors (Lipinski definition) is 1. The van der Waals surface area contributed by atoms with Crippen LogP contribution in [0.3, 0.4) is 0 Å². The Morgan fingerprint density at radius 3 is 2.60 bits per heavy atom. The fraction of sp³-hybridized carbons (Fsp3) is 0.556. The van der Waals surface area contributed by atoms with Crippen molar-refractivity contribution in [3.8, 4) is 0 Å². The molecule has 1 N–H and O–H groups in total. The van der Waals surface area contributed by atoms with Crippen molar-refractivity contribution in [2.75, 3.05) is 24.6 Å². The molecule has 2 atom stereocenters. The number of morpholine rings is 1. The minimum absolute atomic E-state index is 0.0406. The van der Waals surface area contributed by atoms with Crippen LogP contribution < -0.4 is 15.8 Å². The average Bonchev–Trinajstić information content (AvgIpc) is 2.76. The smallest absolute Gasteiger partial charge is 0.251 e. The zero-order valence-electron chi connectivity index (χ0n) is 21.7. The van der Waals surface area contributed by atoms with Crippen LogP contribution in [0, 0.1) is 12.8 Å². The van der Waals surface area contributed by atoms with Crippen molar-refractivity contribution >= 4 is 17.4 Å². The lowest BCUT2D eigenvalue weighted by Crippen LogP contribution is -2.48. The van der Waals surface area contributed by atoms with Crippen molar-refractivity contribution in [2.45, 2.75) is 72.1 Å². The van der Waals surface area contributed by atoms with E-state index in [0.717, 1.165) is 23.4 Å². The monoisotopic (exact) mass is 482 g/mol. The Balaban J connectivity index is 1.89. The maximum absolute atomic E-state index is 13.5. The van der Waals surface area contributed by atoms with E-state index in [9.17, 15) is 14.4 Å². The molecule has 8 nitrogen and oxygen atoms in total. The van der Waals surface area contributed by atoms with Crippen LogP contribution in [0.15, 0.2) is 41.6 Å². The van der Waals surface area contributed by atoms with Gasteiger partial charge in [0.1, 0.15) is 11.8 Å². The Bertz CT molecular complexity index is 1110. The van der Waals surface area contributed by atoms with Gasteiger partial charge in [0.25, 0.3) is 5.56 Å². The van der Waals surface area contributed by atoms with Gasteiger partial charge < -0.3 is 19.5 Å². The summed E-state index contributed by atoms with van der Waals surface area (Å²) in [6.45, 7) is 13.6. The molecule has 2 aromatic heterocycles. The largest absolute Gasteiger partial charge is 0.372 e. The molecule has 0 aliphatic carbocycles. The first-order chi connectivity index (χ1) is 16.4. The second-order valence-electron chi connectivity index (χ2n) is 10.6. The third-order valence-corrected chi connectivity index (χ3v) is 6.18. The van der Waals surface area contributed by atoms with Crippen LogP contribution in [-0.2, 0) is 14.3 Å². The zero-order valence-corrected chi connectivity index (χ0v) is 21.7. The molecule has 190 valence electrons. The minimum atomic E-state index is -0.672. The van der Waals surface area contributed by atoms with Gasteiger partial charge in [0, 0.05) is 38.0 Å². The highest BCUT2D eigenvalue weighted by Gasteiger charge is 2.29. The Morgan fingerprint density at radius 1 is 1.23 bits per heavy atom. The van der Waals surface area contributed by atoms with Gasteiger partial charge in [-0.05, 0) is 63.3 Å². The van der Waals surface area contributed by atoms with Crippen molar-refractivity contribution in [2.24, 2.45) is 5.92 Å². The Kier molecular flexibility index (Phi) is 8.48. The van der Waals surface area contributed by atoms with E-state index in [1.54, 1.807) is 18.6 Å². The topological polar surface area (TPSA) is 93.5 Å². The van der Waals surface area contributed by atoms with Crippen LogP contribution in [0.5, 0.6) is 0 Å². The van der Waals surface area contributed by atoms with Gasteiger partial charge in [0.15, 0.2) is 0 Å². The molecule has 1 aliphatic heterocycles. The Hall–Kier alpha value is -3.00. The standard InChI is InChI=1S/C27H38N4O4/c1-18(2)11-24(31-8-7-19(3)12-25(31)33)26(34)29-23(13-20(4)32)21-14-22(16-28-15-21)30-9-10-35-27(5,6)17-30/h7-8,12,14-16,18,23-24H,9-11,13,17H2,1-6H3,(H,29,34)/t23-,24+/m0/s1. The molecule has 1 aliphatic rings. The van der Waals surface area contributed by atoms with E-state index in [4.69, 9.17) is 4.74 Å². The molecular weight excluding hydrogens is 444 g/mol. The molecule has 3 heterocycles. The summed E-state index contributed by atoms with van der Waals surface area (Å²) in [6.07, 6.45) is 5.81. The third kappa shape index (κ3) is 7.24. The first kappa shape index (κ1) is 26.6. The number of carbonyl (C=O) groups is 2. The highest BCUT2D eigenvalue weighted by molar-refractivity contribution is 5.82. The fourth-order valence-corrected chi connectivity index (χ4v) is 4.49. The van der Waals surface area contributed by atoms with E-state index in [-0.39, 0.29) is 35.2 Å². The van der Waals surface area contributed by atoms with E-state index < -0.39 is 12.1 Å². The van der Waals surface area contributed by atoms with Gasteiger partial charge in [-0.15, -0.1) is 0 Å². The highest BCUT2D eigenvalue weighted by atomic mass is 16.5. The van der Waals surface area contributed by atoms with Crippen molar-refractivity contribution in [1.29, 1.82) is 0 Å². The number of rotatable bonds is 9. The number of nitrogens with zero attached hydrogens (tertiary/aromatic N) is 3. The van der Waals surface area contributed by atoms with Crippen molar-refractivity contribution in [3.05, 3.63) is 58.3 Å². The lowest BCUT2D eigenvalue weighted by atomic mass is 9.99. The molecule has 0 unspecified atom stereocenters. The van der Waals surface area contributed by atoms with Gasteiger partial charge in [0.05, 0.1) is 30.1 Å². The zero-order chi connectivity index (χ0) is 25.8. The SMILES string of the molecule is CC(=O)C[C@H](NC(=O)[C@@H](CC(C)C)n1ccc(C)cc1=O)c1cncc(N2CCOC(C)(C)C2)c1. The molecule has 1 saturated heterocycles. The first-order valence-electron chi connectivity index (χ1n) is 12.3. The molecule has 0 spiro atoms. The van der Waals surface area contributed by atoms with Crippen LogP contribution in [0.1, 0.15) is 70.7 Å². The number of aromatic nitrogens is 2. The van der Waals surface area contributed by atoms with Crippen molar-refractivity contribution < 1.29 is 14.3 Å². The van der Waals surface area contributed by atoms with Gasteiger partial charge in [-0.1, -0.05) is 13.8 Å². The number of nitrogens with one attached hydrogen (secondary N) is 1. The summed E-state index contributed by atoms with van der Waals surface area (Å²) in [6, 6.07) is 4.13. The van der Waals surface area contributed by atoms with Crippen LogP contribution in [0.25, 0.3) is 0 Å². The summed E-state index contributed by atoms with van der Waals surface area (Å²) < 4.78 is 7.31. The molecule has 2 aromatic rings. The van der Waals surface area contributed by atoms with Gasteiger partial charge in [-0.2, -0.15) is 0 Å². The third-order valence-electron chi connectivity index (χ3n) is 6.18. The predicted molar refractivity (Wildman–Crippen MR) is 137 cm³/mol. The predicted octanol–water partition coefficient (Wildman–Crippen LogP) is 3.59. The number of anilines is 1. The van der Waals surface area contributed by atoms with Crippen LogP contribution in [-0.4, -0.2) is 46.5 Å². The first-order valence-corrected chi connectivity index (χ1v) is 12.3. The number of Topliss-reactive ketones (excluding diaryl/α,β-unsaturated/α-hetero) is 1. The van der Waals surface area contributed by atoms with Crippen LogP contribution >= 0.6 is 0 Å². The second kappa shape index (κ2) is 11.2. The second-order valence-corrected chi connectivity index (χ2v) is 10.6. The van der Waals surface area contributed by atoms with E-state index in [0.29, 0.717) is 19.6 Å². The molecule has 8 heteroatoms. The maximum Gasteiger partial charge on any atom is 0.251 e. The molecular formula is C27H38N4O4. The van der Waals surface area contributed by atoms with Crippen molar-refractivity contribution in [3.63, 3.8) is 0 Å². The summed E-state index contributed by atoms with van der Waals surface area (Å²) >= 11 is 0. The van der Waals surface area contributed by atoms with Gasteiger partial charge >= 0.3 is 0 Å². The molecule has 0 aromatic carbocycles. The van der Waals surface area contributed by atoms with E-state index in [2.05, 4.69) is 29.0 Å². The van der Waals surface area contributed by atoms with Gasteiger partial charge in [0.2, 0.25) is 5.91 Å². The number of pyridine rings is 2. The lowest BCUT2D eigenvalue weighted by molar-refractivity contribution is -0.126. The average molecular weight is 483 g/mol. The number of hydrogen-bond acceptors (Lipinski definition) is 6. The quantitative estimate of drug-likeness (QED) is 0.587. The molecule has 1 amide bonds. The maximum atomic E-state index is 13.5. The number of ketones is 1. The lowest BCUT2D eigenvalue weighted by Gasteiger charge is -2.39. The number of carbonyl (C=O) groups excluding carboxylic acids is 2. The summed E-state index contributed by atoms with van der Waals surface area (Å²) in [5.74, 6) is -0.130. The normalized spacial score (nSPS) is 17.2. The highest BCUT2D eigenvalue weighted by Crippen LogP contribution is 2.27. The molecule has 3 rings (SSSR count). The van der Waals surface area contributed by atoms with Gasteiger partial charge in [-0.3, -0.25) is 19.4 Å². The van der Waals surface area contributed by atoms with E-state index in [1.807, 2.05) is 32.9 Å². The summed E-state index contributed by atoms with van der Waals surface area (Å²) in [5, 5.41) is 3.05. The van der Waals surface area contributed by atoms with Gasteiger partial charge in [-0.25, -0.2) is 0 Å². The van der Waals surface area contributed by atoms with Crippen molar-refractivity contribution in [1.82, 2.24) is 14.9 Å². The molecule has 1 fully saturated rings.